The zero-order valence-electron chi connectivity index (χ0n) is 12.9. The number of hydrogen-bond donors (Lipinski definition) is 1. The summed E-state index contributed by atoms with van der Waals surface area (Å²) in [4.78, 5) is 13.8. The summed E-state index contributed by atoms with van der Waals surface area (Å²) in [6.07, 6.45) is 1.65. The fourth-order valence-corrected chi connectivity index (χ4v) is 4.94. The second-order valence-corrected chi connectivity index (χ2v) is 8.45. The van der Waals surface area contributed by atoms with Crippen molar-refractivity contribution in [3.8, 4) is 0 Å². The Labute approximate surface area is 132 Å². The van der Waals surface area contributed by atoms with Crippen molar-refractivity contribution in [2.75, 3.05) is 25.9 Å². The predicted octanol–water partition coefficient (Wildman–Crippen LogP) is 0.840. The summed E-state index contributed by atoms with van der Waals surface area (Å²) < 4.78 is 25.1. The van der Waals surface area contributed by atoms with Crippen molar-refractivity contribution in [2.24, 2.45) is 11.7 Å². The SMILES string of the molecule is CN1CCC(S(=O)(=O)CC(Cc2ccccc2)C(N)=O)CC1. The molecule has 0 aromatic heterocycles. The van der Waals surface area contributed by atoms with Crippen LogP contribution in [0.5, 0.6) is 0 Å². The van der Waals surface area contributed by atoms with Crippen LogP contribution in [0.1, 0.15) is 18.4 Å². The van der Waals surface area contributed by atoms with E-state index in [1.807, 2.05) is 37.4 Å². The standard InChI is InChI=1S/C16H24N2O3S/c1-18-9-7-15(8-10-18)22(20,21)12-14(16(17)19)11-13-5-3-2-4-6-13/h2-6,14-15H,7-12H2,1H3,(H2,17,19). The van der Waals surface area contributed by atoms with E-state index in [0.29, 0.717) is 19.3 Å². The van der Waals surface area contributed by atoms with Crippen LogP contribution in [0, 0.1) is 5.92 Å². The summed E-state index contributed by atoms with van der Waals surface area (Å²) in [5.41, 5.74) is 6.37. The maximum Gasteiger partial charge on any atom is 0.221 e. The van der Waals surface area contributed by atoms with Gasteiger partial charge in [0.1, 0.15) is 0 Å². The van der Waals surface area contributed by atoms with Gasteiger partial charge in [-0.2, -0.15) is 0 Å². The summed E-state index contributed by atoms with van der Waals surface area (Å²) in [5.74, 6) is -1.35. The van der Waals surface area contributed by atoms with Gasteiger partial charge < -0.3 is 10.6 Å². The van der Waals surface area contributed by atoms with Gasteiger partial charge in [0.2, 0.25) is 5.91 Å². The van der Waals surface area contributed by atoms with Gasteiger partial charge in [0.25, 0.3) is 0 Å². The molecule has 0 spiro atoms. The number of nitrogens with zero attached hydrogens (tertiary/aromatic N) is 1. The quantitative estimate of drug-likeness (QED) is 0.841. The van der Waals surface area contributed by atoms with Crippen LogP contribution in [-0.2, 0) is 21.1 Å². The van der Waals surface area contributed by atoms with Gasteiger partial charge in [-0.15, -0.1) is 0 Å². The summed E-state index contributed by atoms with van der Waals surface area (Å²) in [6, 6.07) is 9.41. The Morgan fingerprint density at radius 2 is 1.86 bits per heavy atom. The molecule has 1 aliphatic rings. The van der Waals surface area contributed by atoms with Crippen LogP contribution >= 0.6 is 0 Å². The van der Waals surface area contributed by atoms with E-state index in [4.69, 9.17) is 5.73 Å². The van der Waals surface area contributed by atoms with E-state index in [9.17, 15) is 13.2 Å². The van der Waals surface area contributed by atoms with E-state index < -0.39 is 21.7 Å². The molecular weight excluding hydrogens is 300 g/mol. The highest BCUT2D eigenvalue weighted by molar-refractivity contribution is 7.92. The molecule has 1 unspecified atom stereocenters. The minimum absolute atomic E-state index is 0.147. The zero-order chi connectivity index (χ0) is 16.2. The minimum Gasteiger partial charge on any atom is -0.369 e. The molecule has 0 bridgehead atoms. The smallest absolute Gasteiger partial charge is 0.221 e. The van der Waals surface area contributed by atoms with Crippen LogP contribution in [0.25, 0.3) is 0 Å². The van der Waals surface area contributed by atoms with Crippen molar-refractivity contribution in [2.45, 2.75) is 24.5 Å². The van der Waals surface area contributed by atoms with Gasteiger partial charge in [-0.1, -0.05) is 30.3 Å². The molecule has 0 aliphatic carbocycles. The Morgan fingerprint density at radius 1 is 1.27 bits per heavy atom. The molecule has 122 valence electrons. The number of benzene rings is 1. The van der Waals surface area contributed by atoms with Gasteiger partial charge in [-0.3, -0.25) is 4.79 Å². The Bertz CT molecular complexity index is 593. The molecule has 1 saturated heterocycles. The second-order valence-electron chi connectivity index (χ2n) is 6.12. The van der Waals surface area contributed by atoms with Crippen LogP contribution in [-0.4, -0.2) is 50.4 Å². The number of nitrogens with two attached hydrogens (primary N) is 1. The van der Waals surface area contributed by atoms with Crippen LogP contribution < -0.4 is 5.73 Å². The molecule has 1 atom stereocenters. The number of likely N-dealkylation sites (tertiary alicyclic amines) is 1. The highest BCUT2D eigenvalue weighted by Crippen LogP contribution is 2.21. The van der Waals surface area contributed by atoms with Crippen LogP contribution in [0.3, 0.4) is 0 Å². The molecule has 1 fully saturated rings. The van der Waals surface area contributed by atoms with Crippen molar-refractivity contribution in [3.63, 3.8) is 0 Å². The molecule has 1 aromatic carbocycles. The zero-order valence-corrected chi connectivity index (χ0v) is 13.8. The lowest BCUT2D eigenvalue weighted by molar-refractivity contribution is -0.121. The molecular formula is C16H24N2O3S. The van der Waals surface area contributed by atoms with Crippen LogP contribution in [0.2, 0.25) is 0 Å². The molecule has 1 heterocycles. The molecule has 1 amide bonds. The third-order valence-corrected chi connectivity index (χ3v) is 6.69. The van der Waals surface area contributed by atoms with Gasteiger partial charge in [-0.05, 0) is 45.0 Å². The lowest BCUT2D eigenvalue weighted by Crippen LogP contribution is -2.41. The van der Waals surface area contributed by atoms with Crippen molar-refractivity contribution >= 4 is 15.7 Å². The lowest BCUT2D eigenvalue weighted by atomic mass is 10.0. The molecule has 6 heteroatoms. The van der Waals surface area contributed by atoms with E-state index in [2.05, 4.69) is 4.90 Å². The Hall–Kier alpha value is -1.40. The molecule has 2 N–H and O–H groups in total. The summed E-state index contributed by atoms with van der Waals surface area (Å²) in [7, 11) is -1.31. The fraction of sp³-hybridized carbons (Fsp3) is 0.562. The van der Waals surface area contributed by atoms with Gasteiger partial charge in [0, 0.05) is 0 Å². The van der Waals surface area contributed by atoms with E-state index in [1.165, 1.54) is 0 Å². The molecule has 1 aromatic rings. The average Bonchev–Trinajstić information content (AvgIpc) is 2.48. The topological polar surface area (TPSA) is 80.5 Å². The Morgan fingerprint density at radius 3 is 2.41 bits per heavy atom. The molecule has 22 heavy (non-hydrogen) atoms. The van der Waals surface area contributed by atoms with Crippen molar-refractivity contribution in [1.82, 2.24) is 4.90 Å². The van der Waals surface area contributed by atoms with Gasteiger partial charge in [-0.25, -0.2) is 8.42 Å². The van der Waals surface area contributed by atoms with Crippen molar-refractivity contribution < 1.29 is 13.2 Å². The molecule has 0 saturated carbocycles. The molecule has 5 nitrogen and oxygen atoms in total. The maximum absolute atomic E-state index is 12.6. The number of primary amides is 1. The summed E-state index contributed by atoms with van der Waals surface area (Å²) >= 11 is 0. The normalized spacial score (nSPS) is 19.0. The van der Waals surface area contributed by atoms with Crippen molar-refractivity contribution in [3.05, 3.63) is 35.9 Å². The first-order chi connectivity index (χ1) is 10.4. The predicted molar refractivity (Wildman–Crippen MR) is 87.1 cm³/mol. The molecule has 2 rings (SSSR count). The highest BCUT2D eigenvalue weighted by Gasteiger charge is 2.32. The third kappa shape index (κ3) is 4.55. The number of piperidine rings is 1. The van der Waals surface area contributed by atoms with Crippen molar-refractivity contribution in [1.29, 1.82) is 0 Å². The molecule has 0 radical (unpaired) electrons. The number of hydrogen-bond acceptors (Lipinski definition) is 4. The van der Waals surface area contributed by atoms with Gasteiger partial charge in [0.15, 0.2) is 9.84 Å². The first-order valence-corrected chi connectivity index (χ1v) is 9.33. The number of rotatable bonds is 6. The van der Waals surface area contributed by atoms with Gasteiger partial charge in [0.05, 0.1) is 16.9 Å². The summed E-state index contributed by atoms with van der Waals surface area (Å²) in [6.45, 7) is 1.56. The summed E-state index contributed by atoms with van der Waals surface area (Å²) in [5, 5.41) is -0.346. The third-order valence-electron chi connectivity index (χ3n) is 4.33. The fourth-order valence-electron chi connectivity index (χ4n) is 2.90. The number of amides is 1. The van der Waals surface area contributed by atoms with E-state index >= 15 is 0 Å². The average molecular weight is 324 g/mol. The Kier molecular flexibility index (Phi) is 5.58. The first kappa shape index (κ1) is 17.0. The highest BCUT2D eigenvalue weighted by atomic mass is 32.2. The van der Waals surface area contributed by atoms with Gasteiger partial charge >= 0.3 is 0 Å². The monoisotopic (exact) mass is 324 g/mol. The minimum atomic E-state index is -3.30. The number of carbonyl (C=O) groups is 1. The molecule has 1 aliphatic heterocycles. The maximum atomic E-state index is 12.6. The largest absolute Gasteiger partial charge is 0.369 e. The Balaban J connectivity index is 2.05. The van der Waals surface area contributed by atoms with E-state index in [-0.39, 0.29) is 11.0 Å². The van der Waals surface area contributed by atoms with E-state index in [0.717, 1.165) is 18.7 Å². The number of carbonyl (C=O) groups excluding carboxylic acids is 1. The number of sulfone groups is 1. The van der Waals surface area contributed by atoms with E-state index in [1.54, 1.807) is 0 Å². The lowest BCUT2D eigenvalue weighted by Gasteiger charge is -2.29. The van der Waals surface area contributed by atoms with Crippen LogP contribution in [0.15, 0.2) is 30.3 Å². The first-order valence-electron chi connectivity index (χ1n) is 7.62. The second kappa shape index (κ2) is 7.24. The van der Waals surface area contributed by atoms with Crippen LogP contribution in [0.4, 0.5) is 0 Å².